The average molecular weight is 144 g/mol. The number of amides is 1. The fraction of sp³-hybridized carbons (Fsp3) is 0.667. The van der Waals surface area contributed by atoms with Gasteiger partial charge in [0.1, 0.15) is 6.61 Å². The molecule has 0 aliphatic rings. The largest absolute Gasteiger partial charge is 0.396 e. The molecular formula is C6H12N2O2. The normalized spacial score (nSPS) is 9.80. The van der Waals surface area contributed by atoms with Gasteiger partial charge in [0.2, 0.25) is 5.91 Å². The van der Waals surface area contributed by atoms with Gasteiger partial charge in [-0.2, -0.15) is 0 Å². The fourth-order valence-electron chi connectivity index (χ4n) is 0.354. The van der Waals surface area contributed by atoms with Crippen molar-refractivity contribution in [2.24, 2.45) is 5.16 Å². The molecule has 0 radical (unpaired) electrons. The molecule has 0 fully saturated rings. The highest BCUT2D eigenvalue weighted by Crippen LogP contribution is 1.69. The van der Waals surface area contributed by atoms with Gasteiger partial charge in [-0.25, -0.2) is 0 Å². The molecule has 0 aromatic rings. The summed E-state index contributed by atoms with van der Waals surface area (Å²) in [5.74, 6) is -0.0667. The number of rotatable bonds is 4. The van der Waals surface area contributed by atoms with Crippen LogP contribution in [0.4, 0.5) is 0 Å². The van der Waals surface area contributed by atoms with Gasteiger partial charge in [-0.1, -0.05) is 5.16 Å². The van der Waals surface area contributed by atoms with Crippen molar-refractivity contribution < 1.29 is 9.63 Å². The zero-order valence-corrected chi connectivity index (χ0v) is 6.26. The van der Waals surface area contributed by atoms with Crippen LogP contribution >= 0.6 is 0 Å². The molecule has 0 spiro atoms. The Balaban J connectivity index is 3.10. The third kappa shape index (κ3) is 6.94. The summed E-state index contributed by atoms with van der Waals surface area (Å²) >= 11 is 0. The molecule has 4 heteroatoms. The Morgan fingerprint density at radius 1 is 1.80 bits per heavy atom. The Kier molecular flexibility index (Phi) is 5.42. The van der Waals surface area contributed by atoms with Crippen LogP contribution in [0.1, 0.15) is 13.8 Å². The summed E-state index contributed by atoms with van der Waals surface area (Å²) in [6.45, 7) is 4.27. The number of hydrogen-bond acceptors (Lipinski definition) is 3. The molecule has 0 aliphatic carbocycles. The Bertz CT molecular complexity index is 123. The minimum atomic E-state index is -0.0667. The second kappa shape index (κ2) is 6.07. The minimum absolute atomic E-state index is 0.0667. The van der Waals surface area contributed by atoms with Crippen molar-refractivity contribution in [3.8, 4) is 0 Å². The van der Waals surface area contributed by atoms with Crippen LogP contribution < -0.4 is 5.32 Å². The molecule has 1 N–H and O–H groups in total. The summed E-state index contributed by atoms with van der Waals surface area (Å²) < 4.78 is 0. The molecule has 0 rings (SSSR count). The van der Waals surface area contributed by atoms with Gasteiger partial charge in [0.15, 0.2) is 0 Å². The lowest BCUT2D eigenvalue weighted by Crippen LogP contribution is -2.21. The van der Waals surface area contributed by atoms with Gasteiger partial charge >= 0.3 is 0 Å². The number of hydrogen-bond donors (Lipinski definition) is 1. The van der Waals surface area contributed by atoms with E-state index in [1.165, 1.54) is 13.1 Å². The smallest absolute Gasteiger partial charge is 0.217 e. The molecule has 0 aromatic heterocycles. The lowest BCUT2D eigenvalue weighted by atomic mass is 10.6. The van der Waals surface area contributed by atoms with E-state index >= 15 is 0 Å². The molecule has 0 aromatic carbocycles. The molecule has 4 nitrogen and oxygen atoms in total. The van der Waals surface area contributed by atoms with Gasteiger partial charge in [-0.3, -0.25) is 4.79 Å². The van der Waals surface area contributed by atoms with Crippen molar-refractivity contribution >= 4 is 12.1 Å². The van der Waals surface area contributed by atoms with Crippen molar-refractivity contribution in [2.75, 3.05) is 13.2 Å². The Hall–Kier alpha value is -1.06. The zero-order valence-electron chi connectivity index (χ0n) is 6.26. The molecule has 0 saturated heterocycles. The molecule has 1 amide bonds. The minimum Gasteiger partial charge on any atom is -0.396 e. The Labute approximate surface area is 60.2 Å². The van der Waals surface area contributed by atoms with Crippen LogP contribution in [0.5, 0.6) is 0 Å². The van der Waals surface area contributed by atoms with E-state index < -0.39 is 0 Å². The summed E-state index contributed by atoms with van der Waals surface area (Å²) in [5.41, 5.74) is 0. The number of nitrogens with zero attached hydrogens (tertiary/aromatic N) is 1. The summed E-state index contributed by atoms with van der Waals surface area (Å²) in [6, 6.07) is 0. The lowest BCUT2D eigenvalue weighted by molar-refractivity contribution is -0.118. The molecule has 0 atom stereocenters. The predicted molar refractivity (Wildman–Crippen MR) is 38.8 cm³/mol. The van der Waals surface area contributed by atoms with Crippen molar-refractivity contribution in [1.82, 2.24) is 5.32 Å². The maximum Gasteiger partial charge on any atom is 0.217 e. The van der Waals surface area contributed by atoms with E-state index in [4.69, 9.17) is 0 Å². The van der Waals surface area contributed by atoms with Crippen molar-refractivity contribution in [1.29, 1.82) is 0 Å². The highest BCUT2D eigenvalue weighted by Gasteiger charge is 1.83. The molecule has 10 heavy (non-hydrogen) atoms. The molecule has 58 valence electrons. The highest BCUT2D eigenvalue weighted by molar-refractivity contribution is 5.76. The van der Waals surface area contributed by atoms with Crippen molar-refractivity contribution in [3.05, 3.63) is 0 Å². The number of carbonyl (C=O) groups is 1. The summed E-state index contributed by atoms with van der Waals surface area (Å²) in [6.07, 6.45) is 1.50. The molecular weight excluding hydrogens is 132 g/mol. The number of oxime groups is 1. The third-order valence-corrected chi connectivity index (χ3v) is 0.720. The number of nitrogens with one attached hydrogen (secondary N) is 1. The zero-order chi connectivity index (χ0) is 7.82. The van der Waals surface area contributed by atoms with E-state index in [1.807, 2.05) is 6.92 Å². The first kappa shape index (κ1) is 8.94. The van der Waals surface area contributed by atoms with E-state index in [1.54, 1.807) is 0 Å². The van der Waals surface area contributed by atoms with Gasteiger partial charge in [-0.15, -0.1) is 0 Å². The second-order valence-corrected chi connectivity index (χ2v) is 1.64. The molecule has 0 saturated carbocycles. The van der Waals surface area contributed by atoms with E-state index in [-0.39, 0.29) is 5.91 Å². The van der Waals surface area contributed by atoms with Crippen LogP contribution in [-0.4, -0.2) is 25.3 Å². The monoisotopic (exact) mass is 144 g/mol. The van der Waals surface area contributed by atoms with Gasteiger partial charge in [-0.05, 0) is 6.92 Å². The molecule has 0 aliphatic heterocycles. The summed E-state index contributed by atoms with van der Waals surface area (Å²) in [4.78, 5) is 14.9. The maximum absolute atomic E-state index is 10.3. The van der Waals surface area contributed by atoms with Gasteiger partial charge in [0.25, 0.3) is 0 Å². The topological polar surface area (TPSA) is 50.7 Å². The van der Waals surface area contributed by atoms with Gasteiger partial charge < -0.3 is 10.2 Å². The van der Waals surface area contributed by atoms with Crippen molar-refractivity contribution in [3.63, 3.8) is 0 Å². The van der Waals surface area contributed by atoms with Gasteiger partial charge in [0, 0.05) is 6.92 Å². The van der Waals surface area contributed by atoms with Crippen LogP contribution in [0.2, 0.25) is 0 Å². The Morgan fingerprint density at radius 3 is 3.00 bits per heavy atom. The quantitative estimate of drug-likeness (QED) is 0.451. The Morgan fingerprint density at radius 2 is 2.50 bits per heavy atom. The standard InChI is InChI=1S/C6H12N2O2/c1-3-10-8-5-4-7-6(2)9/h5H,3-4H2,1-2H3,(H,7,9). The van der Waals surface area contributed by atoms with Crippen LogP contribution in [0.25, 0.3) is 0 Å². The lowest BCUT2D eigenvalue weighted by Gasteiger charge is -1.93. The molecule has 0 unspecified atom stereocenters. The number of carbonyl (C=O) groups excluding carboxylic acids is 1. The van der Waals surface area contributed by atoms with Crippen LogP contribution in [-0.2, 0) is 9.63 Å². The first-order chi connectivity index (χ1) is 4.77. The predicted octanol–water partition coefficient (Wildman–Crippen LogP) is 0.145. The fourth-order valence-corrected chi connectivity index (χ4v) is 0.354. The molecule has 0 heterocycles. The first-order valence-corrected chi connectivity index (χ1v) is 3.15. The maximum atomic E-state index is 10.3. The van der Waals surface area contributed by atoms with E-state index in [0.29, 0.717) is 13.2 Å². The second-order valence-electron chi connectivity index (χ2n) is 1.64. The van der Waals surface area contributed by atoms with Crippen LogP contribution in [0.15, 0.2) is 5.16 Å². The van der Waals surface area contributed by atoms with E-state index in [2.05, 4.69) is 15.3 Å². The molecule has 0 bridgehead atoms. The van der Waals surface area contributed by atoms with Crippen LogP contribution in [0.3, 0.4) is 0 Å². The third-order valence-electron chi connectivity index (χ3n) is 0.720. The summed E-state index contributed by atoms with van der Waals surface area (Å²) in [5, 5.41) is 6.06. The SMILES string of the molecule is CCON=CCNC(C)=O. The highest BCUT2D eigenvalue weighted by atomic mass is 16.6. The van der Waals surface area contributed by atoms with Crippen LogP contribution in [0, 0.1) is 0 Å². The van der Waals surface area contributed by atoms with E-state index in [0.717, 1.165) is 0 Å². The average Bonchev–Trinajstić information content (AvgIpc) is 1.87. The summed E-state index contributed by atoms with van der Waals surface area (Å²) in [7, 11) is 0. The van der Waals surface area contributed by atoms with Crippen molar-refractivity contribution in [2.45, 2.75) is 13.8 Å². The van der Waals surface area contributed by atoms with Gasteiger partial charge in [0.05, 0.1) is 12.8 Å². The first-order valence-electron chi connectivity index (χ1n) is 3.15. The van der Waals surface area contributed by atoms with E-state index in [9.17, 15) is 4.79 Å².